The first-order valence-electron chi connectivity index (χ1n) is 8.22. The Morgan fingerprint density at radius 3 is 2.83 bits per heavy atom. The molecule has 0 N–H and O–H groups in total. The molecule has 0 spiro atoms. The van der Waals surface area contributed by atoms with Gasteiger partial charge in [-0.05, 0) is 18.9 Å². The maximum absolute atomic E-state index is 12.4. The van der Waals surface area contributed by atoms with Crippen molar-refractivity contribution in [3.05, 3.63) is 35.9 Å². The molecule has 2 rings (SSSR count). The van der Waals surface area contributed by atoms with Crippen molar-refractivity contribution in [2.75, 3.05) is 24.2 Å². The molecule has 0 radical (unpaired) electrons. The van der Waals surface area contributed by atoms with Gasteiger partial charge in [0.1, 0.15) is 6.04 Å². The summed E-state index contributed by atoms with van der Waals surface area (Å²) in [7, 11) is 0. The van der Waals surface area contributed by atoms with Crippen molar-refractivity contribution in [1.29, 1.82) is 0 Å². The van der Waals surface area contributed by atoms with Gasteiger partial charge in [-0.25, -0.2) is 0 Å². The second-order valence-corrected chi connectivity index (χ2v) is 7.08. The molecule has 2 atom stereocenters. The third-order valence-corrected chi connectivity index (χ3v) is 5.71. The third kappa shape index (κ3) is 5.43. The Kier molecular flexibility index (Phi) is 7.30. The molecule has 1 heterocycles. The number of halogens is 1. The van der Waals surface area contributed by atoms with E-state index in [4.69, 9.17) is 9.47 Å². The molecule has 23 heavy (non-hydrogen) atoms. The normalized spacial score (nSPS) is 25.3. The number of carbonyl (C=O) groups is 1. The molecule has 0 aromatic heterocycles. The summed E-state index contributed by atoms with van der Waals surface area (Å²) in [5.41, 5.74) is 0.992. The van der Waals surface area contributed by atoms with Crippen LogP contribution in [0.3, 0.4) is 0 Å². The van der Waals surface area contributed by atoms with Crippen LogP contribution < -0.4 is 0 Å². The van der Waals surface area contributed by atoms with E-state index in [1.807, 2.05) is 18.2 Å². The summed E-state index contributed by atoms with van der Waals surface area (Å²) < 4.78 is 12.3. The Labute approximate surface area is 152 Å². The highest BCUT2D eigenvalue weighted by Gasteiger charge is 2.40. The molecule has 128 valence electrons. The zero-order valence-corrected chi connectivity index (χ0v) is 16.1. The average Bonchev–Trinajstić information content (AvgIpc) is 2.56. The van der Waals surface area contributed by atoms with Gasteiger partial charge in [0.2, 0.25) is 0 Å². The minimum absolute atomic E-state index is 0.162. The minimum Gasteiger partial charge on any atom is -0.464 e. The SMILES string of the molecule is CCCCOC(=O)[C@@H]1COC(C)(CI)CN1Cc1ccccc1. The van der Waals surface area contributed by atoms with Gasteiger partial charge in [-0.3, -0.25) is 9.69 Å². The second kappa shape index (κ2) is 8.99. The molecule has 0 aliphatic carbocycles. The predicted octanol–water partition coefficient (Wildman–Crippen LogP) is 3.42. The molecule has 1 saturated heterocycles. The molecule has 1 aromatic rings. The fourth-order valence-electron chi connectivity index (χ4n) is 2.67. The highest BCUT2D eigenvalue weighted by molar-refractivity contribution is 14.1. The van der Waals surface area contributed by atoms with Crippen molar-refractivity contribution in [3.8, 4) is 0 Å². The quantitative estimate of drug-likeness (QED) is 0.287. The summed E-state index contributed by atoms with van der Waals surface area (Å²) in [5, 5.41) is 0. The van der Waals surface area contributed by atoms with E-state index in [1.54, 1.807) is 0 Å². The summed E-state index contributed by atoms with van der Waals surface area (Å²) >= 11 is 2.35. The lowest BCUT2D eigenvalue weighted by molar-refractivity contribution is -0.168. The number of esters is 1. The lowest BCUT2D eigenvalue weighted by Crippen LogP contribution is -2.58. The van der Waals surface area contributed by atoms with Gasteiger partial charge in [0, 0.05) is 17.5 Å². The van der Waals surface area contributed by atoms with E-state index < -0.39 is 0 Å². The maximum Gasteiger partial charge on any atom is 0.325 e. The maximum atomic E-state index is 12.4. The minimum atomic E-state index is -0.317. The number of hydrogen-bond acceptors (Lipinski definition) is 4. The van der Waals surface area contributed by atoms with E-state index >= 15 is 0 Å². The zero-order chi connectivity index (χ0) is 16.7. The van der Waals surface area contributed by atoms with Crippen LogP contribution in [0.1, 0.15) is 32.3 Å². The van der Waals surface area contributed by atoms with Crippen molar-refractivity contribution >= 4 is 28.6 Å². The van der Waals surface area contributed by atoms with Crippen molar-refractivity contribution < 1.29 is 14.3 Å². The van der Waals surface area contributed by atoms with Crippen LogP contribution in [-0.4, -0.2) is 46.7 Å². The Bertz CT molecular complexity index is 496. The summed E-state index contributed by atoms with van der Waals surface area (Å²) in [6, 6.07) is 9.94. The summed E-state index contributed by atoms with van der Waals surface area (Å²) in [4.78, 5) is 14.6. The van der Waals surface area contributed by atoms with Crippen LogP contribution in [0.15, 0.2) is 30.3 Å². The molecule has 0 amide bonds. The first-order chi connectivity index (χ1) is 11.1. The monoisotopic (exact) mass is 431 g/mol. The topological polar surface area (TPSA) is 38.8 Å². The van der Waals surface area contributed by atoms with Crippen LogP contribution >= 0.6 is 22.6 Å². The van der Waals surface area contributed by atoms with E-state index in [0.717, 1.165) is 30.4 Å². The smallest absolute Gasteiger partial charge is 0.325 e. The molecule has 4 nitrogen and oxygen atoms in total. The summed E-state index contributed by atoms with van der Waals surface area (Å²) in [5.74, 6) is -0.162. The second-order valence-electron chi connectivity index (χ2n) is 6.32. The molecule has 1 unspecified atom stereocenters. The van der Waals surface area contributed by atoms with E-state index in [0.29, 0.717) is 13.2 Å². The molecule has 1 fully saturated rings. The Hall–Kier alpha value is -0.660. The van der Waals surface area contributed by atoms with Gasteiger partial charge in [-0.15, -0.1) is 0 Å². The number of morpholine rings is 1. The van der Waals surface area contributed by atoms with Crippen LogP contribution in [0.2, 0.25) is 0 Å². The van der Waals surface area contributed by atoms with Crippen LogP contribution in [0.5, 0.6) is 0 Å². The van der Waals surface area contributed by atoms with Crippen LogP contribution in [0.25, 0.3) is 0 Å². The molecule has 1 aliphatic rings. The highest BCUT2D eigenvalue weighted by atomic mass is 127. The number of carbonyl (C=O) groups excluding carboxylic acids is 1. The van der Waals surface area contributed by atoms with Gasteiger partial charge in [-0.1, -0.05) is 66.3 Å². The first kappa shape index (κ1) is 18.7. The van der Waals surface area contributed by atoms with Crippen LogP contribution in [0, 0.1) is 0 Å². The number of hydrogen-bond donors (Lipinski definition) is 0. The molecule has 1 aromatic carbocycles. The van der Waals surface area contributed by atoms with Crippen LogP contribution in [-0.2, 0) is 20.8 Å². The fraction of sp³-hybridized carbons (Fsp3) is 0.611. The number of benzene rings is 1. The van der Waals surface area contributed by atoms with Gasteiger partial charge < -0.3 is 9.47 Å². The standard InChI is InChI=1S/C18H26INO3/c1-3-4-10-22-17(21)16-12-23-18(2,13-19)14-20(16)11-15-8-6-5-7-9-15/h5-9,16H,3-4,10-14H2,1-2H3/t16-,18?/m0/s1. The number of ether oxygens (including phenoxy) is 2. The van der Waals surface area contributed by atoms with Crippen molar-refractivity contribution in [1.82, 2.24) is 4.90 Å². The lowest BCUT2D eigenvalue weighted by atomic mass is 10.0. The molecule has 0 bridgehead atoms. The zero-order valence-electron chi connectivity index (χ0n) is 14.0. The third-order valence-electron chi connectivity index (χ3n) is 4.09. The molecule has 1 aliphatic heterocycles. The van der Waals surface area contributed by atoms with E-state index in [-0.39, 0.29) is 17.6 Å². The highest BCUT2D eigenvalue weighted by Crippen LogP contribution is 2.25. The molecule has 5 heteroatoms. The van der Waals surface area contributed by atoms with Crippen molar-refractivity contribution in [2.45, 2.75) is 44.9 Å². The lowest BCUT2D eigenvalue weighted by Gasteiger charge is -2.43. The molecule has 0 saturated carbocycles. The first-order valence-corrected chi connectivity index (χ1v) is 9.75. The Balaban J connectivity index is 2.06. The Morgan fingerprint density at radius 2 is 2.17 bits per heavy atom. The van der Waals surface area contributed by atoms with E-state index in [2.05, 4.69) is 53.5 Å². The van der Waals surface area contributed by atoms with E-state index in [9.17, 15) is 4.79 Å². The van der Waals surface area contributed by atoms with Crippen molar-refractivity contribution in [2.24, 2.45) is 0 Å². The fourth-order valence-corrected chi connectivity index (χ4v) is 3.13. The largest absolute Gasteiger partial charge is 0.464 e. The summed E-state index contributed by atoms with van der Waals surface area (Å²) in [6.07, 6.45) is 1.93. The van der Waals surface area contributed by atoms with Crippen LogP contribution in [0.4, 0.5) is 0 Å². The number of nitrogens with zero attached hydrogens (tertiary/aromatic N) is 1. The number of rotatable bonds is 7. The van der Waals surface area contributed by atoms with E-state index in [1.165, 1.54) is 5.56 Å². The average molecular weight is 431 g/mol. The van der Waals surface area contributed by atoms with Gasteiger partial charge in [0.15, 0.2) is 0 Å². The number of unbranched alkanes of at least 4 members (excludes halogenated alkanes) is 1. The van der Waals surface area contributed by atoms with Gasteiger partial charge >= 0.3 is 5.97 Å². The van der Waals surface area contributed by atoms with Gasteiger partial charge in [0.05, 0.1) is 18.8 Å². The predicted molar refractivity (Wildman–Crippen MR) is 99.8 cm³/mol. The van der Waals surface area contributed by atoms with Gasteiger partial charge in [0.25, 0.3) is 0 Å². The summed E-state index contributed by atoms with van der Waals surface area (Å²) in [6.45, 7) is 6.56. The number of alkyl halides is 1. The van der Waals surface area contributed by atoms with Crippen molar-refractivity contribution in [3.63, 3.8) is 0 Å². The Morgan fingerprint density at radius 1 is 1.43 bits per heavy atom. The molecular weight excluding hydrogens is 405 g/mol. The van der Waals surface area contributed by atoms with Gasteiger partial charge in [-0.2, -0.15) is 0 Å². The molecular formula is C18H26INO3.